The number of nitrogen functional groups attached to an aromatic ring is 1. The SMILES string of the molecule is CCCNC(=O)c1nnc2c(-c3cccc(Cl)c3Cl)cccc2c1N. The van der Waals surface area contributed by atoms with Gasteiger partial charge in [0.2, 0.25) is 0 Å². The second-order valence-corrected chi connectivity index (χ2v) is 6.31. The Kier molecular flexibility index (Phi) is 5.06. The van der Waals surface area contributed by atoms with E-state index in [1.807, 2.05) is 31.2 Å². The molecule has 3 aromatic rings. The van der Waals surface area contributed by atoms with Gasteiger partial charge >= 0.3 is 0 Å². The fourth-order valence-corrected chi connectivity index (χ4v) is 2.97. The van der Waals surface area contributed by atoms with Crippen molar-refractivity contribution in [2.24, 2.45) is 0 Å². The predicted molar refractivity (Wildman–Crippen MR) is 102 cm³/mol. The Balaban J connectivity index is 2.17. The summed E-state index contributed by atoms with van der Waals surface area (Å²) < 4.78 is 0. The van der Waals surface area contributed by atoms with Crippen LogP contribution in [0.3, 0.4) is 0 Å². The number of rotatable bonds is 4. The van der Waals surface area contributed by atoms with E-state index < -0.39 is 0 Å². The maximum absolute atomic E-state index is 12.2. The predicted octanol–water partition coefficient (Wildman–Crippen LogP) is 4.33. The molecular formula is C18H16Cl2N4O. The van der Waals surface area contributed by atoms with Gasteiger partial charge in [-0.1, -0.05) is 60.5 Å². The Morgan fingerprint density at radius 3 is 2.60 bits per heavy atom. The van der Waals surface area contributed by atoms with Gasteiger partial charge in [-0.25, -0.2) is 0 Å². The highest BCUT2D eigenvalue weighted by Crippen LogP contribution is 2.37. The topological polar surface area (TPSA) is 80.9 Å². The second kappa shape index (κ2) is 7.25. The van der Waals surface area contributed by atoms with E-state index in [1.165, 1.54) is 0 Å². The van der Waals surface area contributed by atoms with Gasteiger partial charge in [0.15, 0.2) is 5.69 Å². The Hall–Kier alpha value is -2.37. The molecule has 3 rings (SSSR count). The van der Waals surface area contributed by atoms with E-state index in [4.69, 9.17) is 28.9 Å². The van der Waals surface area contributed by atoms with Crippen LogP contribution < -0.4 is 11.1 Å². The maximum Gasteiger partial charge on any atom is 0.273 e. The van der Waals surface area contributed by atoms with Crippen LogP contribution in [-0.4, -0.2) is 22.6 Å². The number of hydrogen-bond donors (Lipinski definition) is 2. The molecule has 1 amide bonds. The Bertz CT molecular complexity index is 959. The van der Waals surface area contributed by atoms with Crippen LogP contribution in [0.15, 0.2) is 36.4 Å². The van der Waals surface area contributed by atoms with E-state index in [9.17, 15) is 4.79 Å². The first kappa shape index (κ1) is 17.5. The van der Waals surface area contributed by atoms with Crippen molar-refractivity contribution in [3.8, 4) is 11.1 Å². The van der Waals surface area contributed by atoms with Crippen molar-refractivity contribution in [2.75, 3.05) is 12.3 Å². The summed E-state index contributed by atoms with van der Waals surface area (Å²) in [6.45, 7) is 2.52. The smallest absolute Gasteiger partial charge is 0.273 e. The van der Waals surface area contributed by atoms with Crippen LogP contribution in [0, 0.1) is 0 Å². The summed E-state index contributed by atoms with van der Waals surface area (Å²) in [6, 6.07) is 10.9. The Morgan fingerprint density at radius 2 is 1.84 bits per heavy atom. The minimum atomic E-state index is -0.333. The molecule has 2 aromatic carbocycles. The van der Waals surface area contributed by atoms with Crippen molar-refractivity contribution in [1.29, 1.82) is 0 Å². The molecule has 0 aliphatic rings. The third-order valence-electron chi connectivity index (χ3n) is 3.82. The van der Waals surface area contributed by atoms with Crippen LogP contribution in [0.4, 0.5) is 5.69 Å². The fraction of sp³-hybridized carbons (Fsp3) is 0.167. The summed E-state index contributed by atoms with van der Waals surface area (Å²) in [5.41, 5.74) is 8.65. The van der Waals surface area contributed by atoms with Gasteiger partial charge in [-0.3, -0.25) is 4.79 Å². The van der Waals surface area contributed by atoms with Crippen molar-refractivity contribution in [1.82, 2.24) is 15.5 Å². The Morgan fingerprint density at radius 1 is 1.12 bits per heavy atom. The number of amides is 1. The molecule has 0 aliphatic carbocycles. The van der Waals surface area contributed by atoms with Crippen molar-refractivity contribution in [2.45, 2.75) is 13.3 Å². The van der Waals surface area contributed by atoms with Crippen LogP contribution in [-0.2, 0) is 0 Å². The zero-order valence-corrected chi connectivity index (χ0v) is 15.0. The zero-order valence-electron chi connectivity index (χ0n) is 13.5. The molecule has 1 heterocycles. The summed E-state index contributed by atoms with van der Waals surface area (Å²) in [6.07, 6.45) is 0.823. The number of carbonyl (C=O) groups excluding carboxylic acids is 1. The van der Waals surface area contributed by atoms with Crippen molar-refractivity contribution < 1.29 is 4.79 Å². The average Bonchev–Trinajstić information content (AvgIpc) is 2.62. The van der Waals surface area contributed by atoms with Gasteiger partial charge in [0.25, 0.3) is 5.91 Å². The first-order valence-electron chi connectivity index (χ1n) is 7.82. The summed E-state index contributed by atoms with van der Waals surface area (Å²) in [5, 5.41) is 12.5. The van der Waals surface area contributed by atoms with Crippen LogP contribution in [0.1, 0.15) is 23.8 Å². The number of nitrogens with zero attached hydrogens (tertiary/aromatic N) is 2. The molecule has 0 saturated heterocycles. The fourth-order valence-electron chi connectivity index (χ4n) is 2.57. The van der Waals surface area contributed by atoms with Crippen LogP contribution in [0.5, 0.6) is 0 Å². The van der Waals surface area contributed by atoms with Gasteiger partial charge in [0.1, 0.15) is 5.52 Å². The molecule has 25 heavy (non-hydrogen) atoms. The minimum absolute atomic E-state index is 0.121. The lowest BCUT2D eigenvalue weighted by atomic mass is 10.0. The number of carbonyl (C=O) groups is 1. The number of nitrogens with one attached hydrogen (secondary N) is 1. The summed E-state index contributed by atoms with van der Waals surface area (Å²) in [5.74, 6) is -0.333. The monoisotopic (exact) mass is 374 g/mol. The summed E-state index contributed by atoms with van der Waals surface area (Å²) in [7, 11) is 0. The highest BCUT2D eigenvalue weighted by molar-refractivity contribution is 6.44. The van der Waals surface area contributed by atoms with Gasteiger partial charge in [-0.05, 0) is 12.5 Å². The lowest BCUT2D eigenvalue weighted by molar-refractivity contribution is 0.0949. The largest absolute Gasteiger partial charge is 0.396 e. The molecular weight excluding hydrogens is 359 g/mol. The molecule has 0 atom stereocenters. The molecule has 5 nitrogen and oxygen atoms in total. The molecule has 0 fully saturated rings. The molecule has 1 aromatic heterocycles. The molecule has 0 spiro atoms. The van der Waals surface area contributed by atoms with Crippen molar-refractivity contribution in [3.63, 3.8) is 0 Å². The maximum atomic E-state index is 12.2. The first-order valence-corrected chi connectivity index (χ1v) is 8.57. The third-order valence-corrected chi connectivity index (χ3v) is 4.64. The normalized spacial score (nSPS) is 10.8. The van der Waals surface area contributed by atoms with Gasteiger partial charge in [-0.2, -0.15) is 0 Å². The van der Waals surface area contributed by atoms with Crippen LogP contribution in [0.25, 0.3) is 22.0 Å². The molecule has 0 radical (unpaired) electrons. The molecule has 0 saturated carbocycles. The number of hydrogen-bond acceptors (Lipinski definition) is 4. The molecule has 0 bridgehead atoms. The Labute approximate surface area is 155 Å². The molecule has 0 aliphatic heterocycles. The lowest BCUT2D eigenvalue weighted by Crippen LogP contribution is -2.26. The highest BCUT2D eigenvalue weighted by atomic mass is 35.5. The average molecular weight is 375 g/mol. The van der Waals surface area contributed by atoms with E-state index in [-0.39, 0.29) is 11.6 Å². The van der Waals surface area contributed by atoms with E-state index in [0.29, 0.717) is 33.2 Å². The highest BCUT2D eigenvalue weighted by Gasteiger charge is 2.18. The summed E-state index contributed by atoms with van der Waals surface area (Å²) in [4.78, 5) is 12.2. The molecule has 3 N–H and O–H groups in total. The number of fused-ring (bicyclic) bond motifs is 1. The third kappa shape index (κ3) is 3.25. The second-order valence-electron chi connectivity index (χ2n) is 5.52. The van der Waals surface area contributed by atoms with Gasteiger partial charge in [0.05, 0.1) is 15.7 Å². The number of anilines is 1. The minimum Gasteiger partial charge on any atom is -0.396 e. The van der Waals surface area contributed by atoms with Gasteiger partial charge < -0.3 is 11.1 Å². The van der Waals surface area contributed by atoms with E-state index in [1.54, 1.807) is 12.1 Å². The van der Waals surface area contributed by atoms with E-state index in [0.717, 1.165) is 17.5 Å². The lowest BCUT2D eigenvalue weighted by Gasteiger charge is -2.11. The number of aromatic nitrogens is 2. The number of nitrogens with two attached hydrogens (primary N) is 1. The number of halogens is 2. The van der Waals surface area contributed by atoms with Crippen LogP contribution in [0.2, 0.25) is 10.0 Å². The molecule has 0 unspecified atom stereocenters. The quantitative estimate of drug-likeness (QED) is 0.712. The summed E-state index contributed by atoms with van der Waals surface area (Å²) >= 11 is 12.4. The standard InChI is InChI=1S/C18H16Cl2N4O/c1-2-9-22-18(25)17-15(21)12-7-3-6-11(16(12)23-24-17)10-5-4-8-13(19)14(10)20/h3-8H,2,9H2,1H3,(H2,21,23)(H,22,25). The van der Waals surface area contributed by atoms with Crippen LogP contribution >= 0.6 is 23.2 Å². The van der Waals surface area contributed by atoms with E-state index >= 15 is 0 Å². The molecule has 7 heteroatoms. The van der Waals surface area contributed by atoms with Crippen molar-refractivity contribution >= 4 is 45.7 Å². The van der Waals surface area contributed by atoms with Crippen molar-refractivity contribution in [3.05, 3.63) is 52.1 Å². The zero-order chi connectivity index (χ0) is 18.0. The van der Waals surface area contributed by atoms with E-state index in [2.05, 4.69) is 15.5 Å². The van der Waals surface area contributed by atoms with Gasteiger partial charge in [0, 0.05) is 23.1 Å². The van der Waals surface area contributed by atoms with Gasteiger partial charge in [-0.15, -0.1) is 10.2 Å². The molecule has 128 valence electrons. The number of benzene rings is 2. The first-order chi connectivity index (χ1) is 12.0.